The molecule has 0 aromatic rings. The Bertz CT molecular complexity index is 307. The Morgan fingerprint density at radius 3 is 2.11 bits per heavy atom. The number of hydrogen-bond acceptors (Lipinski definition) is 2. The monoisotopic (exact) mass is 266 g/mol. The molecule has 1 unspecified atom stereocenters. The van der Waals surface area contributed by atoms with Crippen LogP contribution in [0.25, 0.3) is 0 Å². The first-order valence-corrected chi connectivity index (χ1v) is 8.11. The van der Waals surface area contributed by atoms with Crippen molar-refractivity contribution in [2.45, 2.75) is 59.3 Å². The van der Waals surface area contributed by atoms with E-state index in [1.807, 2.05) is 0 Å². The van der Waals surface area contributed by atoms with Crippen LogP contribution in [0.15, 0.2) is 0 Å². The van der Waals surface area contributed by atoms with Crippen LogP contribution in [-0.2, 0) is 4.79 Å². The minimum absolute atomic E-state index is 0.0988. The maximum absolute atomic E-state index is 12.8. The minimum Gasteiger partial charge on any atom is -0.342 e. The minimum atomic E-state index is -0.0988. The number of rotatable bonds is 4. The second kappa shape index (κ2) is 5.82. The lowest BCUT2D eigenvalue weighted by atomic mass is 9.73. The number of likely N-dealkylation sites (tertiary alicyclic amines) is 1. The van der Waals surface area contributed by atoms with Gasteiger partial charge >= 0.3 is 0 Å². The molecule has 1 N–H and O–H groups in total. The maximum Gasteiger partial charge on any atom is 0.230 e. The van der Waals surface area contributed by atoms with Crippen LogP contribution in [-0.4, -0.2) is 37.0 Å². The van der Waals surface area contributed by atoms with Crippen molar-refractivity contribution in [1.82, 2.24) is 10.2 Å². The summed E-state index contributed by atoms with van der Waals surface area (Å²) in [5.41, 5.74) is 0.405. The summed E-state index contributed by atoms with van der Waals surface area (Å²) in [6.07, 6.45) is 6.89. The summed E-state index contributed by atoms with van der Waals surface area (Å²) in [7, 11) is 0. The Labute approximate surface area is 118 Å². The largest absolute Gasteiger partial charge is 0.342 e. The molecule has 0 spiro atoms. The topological polar surface area (TPSA) is 32.3 Å². The third-order valence-electron chi connectivity index (χ3n) is 5.99. The average Bonchev–Trinajstić information content (AvgIpc) is 2.97. The van der Waals surface area contributed by atoms with Gasteiger partial charge in [-0.15, -0.1) is 0 Å². The highest BCUT2D eigenvalue weighted by molar-refractivity contribution is 5.83. The molecule has 2 heterocycles. The van der Waals surface area contributed by atoms with Crippen LogP contribution in [0.1, 0.15) is 59.3 Å². The molecule has 0 aliphatic carbocycles. The summed E-state index contributed by atoms with van der Waals surface area (Å²) in [5.74, 6) is 0.417. The highest BCUT2D eigenvalue weighted by atomic mass is 16.2. The maximum atomic E-state index is 12.8. The molecule has 3 heteroatoms. The standard InChI is InChI=1S/C16H30N2O/c1-4-15(5-2)8-11-18(12-9-15)14(19)16(6-3)7-10-17-13-16/h17H,4-13H2,1-3H3. The van der Waals surface area contributed by atoms with Crippen molar-refractivity contribution in [3.05, 3.63) is 0 Å². The molecular weight excluding hydrogens is 236 g/mol. The van der Waals surface area contributed by atoms with Gasteiger partial charge in [0.15, 0.2) is 0 Å². The predicted octanol–water partition coefficient (Wildman–Crippen LogP) is 2.80. The Hall–Kier alpha value is -0.570. The number of carbonyl (C=O) groups excluding carboxylic acids is 1. The number of amides is 1. The first-order chi connectivity index (χ1) is 9.11. The number of hydrogen-bond donors (Lipinski definition) is 1. The molecular formula is C16H30N2O. The van der Waals surface area contributed by atoms with Gasteiger partial charge < -0.3 is 10.2 Å². The molecule has 2 rings (SSSR count). The second-order valence-corrected chi connectivity index (χ2v) is 6.56. The fraction of sp³-hybridized carbons (Fsp3) is 0.938. The summed E-state index contributed by atoms with van der Waals surface area (Å²) < 4.78 is 0. The summed E-state index contributed by atoms with van der Waals surface area (Å²) >= 11 is 0. The molecule has 0 aromatic carbocycles. The zero-order valence-corrected chi connectivity index (χ0v) is 12.9. The van der Waals surface area contributed by atoms with E-state index in [0.29, 0.717) is 11.3 Å². The fourth-order valence-electron chi connectivity index (χ4n) is 3.86. The van der Waals surface area contributed by atoms with Gasteiger partial charge in [-0.25, -0.2) is 0 Å². The molecule has 1 atom stereocenters. The summed E-state index contributed by atoms with van der Waals surface area (Å²) in [5, 5.41) is 3.38. The molecule has 2 fully saturated rings. The normalized spacial score (nSPS) is 30.6. The Balaban J connectivity index is 1.99. The van der Waals surface area contributed by atoms with Gasteiger partial charge in [-0.05, 0) is 37.6 Å². The molecule has 3 nitrogen and oxygen atoms in total. The van der Waals surface area contributed by atoms with Crippen LogP contribution in [0.4, 0.5) is 0 Å². The molecule has 1 amide bonds. The van der Waals surface area contributed by atoms with E-state index in [9.17, 15) is 4.79 Å². The highest BCUT2D eigenvalue weighted by Gasteiger charge is 2.43. The lowest BCUT2D eigenvalue weighted by molar-refractivity contribution is -0.144. The van der Waals surface area contributed by atoms with Gasteiger partial charge in [-0.3, -0.25) is 4.79 Å². The van der Waals surface area contributed by atoms with Crippen LogP contribution in [0.3, 0.4) is 0 Å². The van der Waals surface area contributed by atoms with Crippen LogP contribution < -0.4 is 5.32 Å². The molecule has 2 aliphatic rings. The van der Waals surface area contributed by atoms with E-state index < -0.39 is 0 Å². The molecule has 110 valence electrons. The summed E-state index contributed by atoms with van der Waals surface area (Å²) in [6.45, 7) is 10.6. The highest BCUT2D eigenvalue weighted by Crippen LogP contribution is 2.40. The quantitative estimate of drug-likeness (QED) is 0.848. The number of nitrogens with zero attached hydrogens (tertiary/aromatic N) is 1. The third-order valence-corrected chi connectivity index (χ3v) is 5.99. The first kappa shape index (κ1) is 14.8. The van der Waals surface area contributed by atoms with Crippen molar-refractivity contribution < 1.29 is 4.79 Å². The zero-order chi connectivity index (χ0) is 13.9. The molecule has 0 saturated carbocycles. The Morgan fingerprint density at radius 2 is 1.68 bits per heavy atom. The van der Waals surface area contributed by atoms with Gasteiger partial charge in [0.2, 0.25) is 5.91 Å². The molecule has 2 aliphatic heterocycles. The molecule has 19 heavy (non-hydrogen) atoms. The van der Waals surface area contributed by atoms with Gasteiger partial charge in [-0.1, -0.05) is 33.6 Å². The zero-order valence-electron chi connectivity index (χ0n) is 12.9. The van der Waals surface area contributed by atoms with E-state index in [2.05, 4.69) is 31.0 Å². The van der Waals surface area contributed by atoms with Gasteiger partial charge in [0.25, 0.3) is 0 Å². The lowest BCUT2D eigenvalue weighted by Gasteiger charge is -2.43. The van der Waals surface area contributed by atoms with Crippen LogP contribution in [0.5, 0.6) is 0 Å². The Kier molecular flexibility index (Phi) is 4.54. The SMILES string of the molecule is CCC1(CC)CCN(C(=O)C2(CC)CCNC2)CC1. The van der Waals surface area contributed by atoms with E-state index >= 15 is 0 Å². The lowest BCUT2D eigenvalue weighted by Crippen LogP contribution is -2.50. The summed E-state index contributed by atoms with van der Waals surface area (Å²) in [6, 6.07) is 0. The van der Waals surface area contributed by atoms with Gasteiger partial charge in [0.1, 0.15) is 0 Å². The second-order valence-electron chi connectivity index (χ2n) is 6.56. The van der Waals surface area contributed by atoms with E-state index in [1.165, 1.54) is 25.7 Å². The van der Waals surface area contributed by atoms with Crippen molar-refractivity contribution >= 4 is 5.91 Å². The van der Waals surface area contributed by atoms with E-state index in [1.54, 1.807) is 0 Å². The predicted molar refractivity (Wildman–Crippen MR) is 79.0 cm³/mol. The smallest absolute Gasteiger partial charge is 0.230 e. The molecule has 0 bridgehead atoms. The van der Waals surface area contributed by atoms with Crippen molar-refractivity contribution in [3.63, 3.8) is 0 Å². The molecule has 0 aromatic heterocycles. The molecule has 0 radical (unpaired) electrons. The van der Waals surface area contributed by atoms with Crippen molar-refractivity contribution in [2.75, 3.05) is 26.2 Å². The van der Waals surface area contributed by atoms with E-state index in [0.717, 1.165) is 39.0 Å². The van der Waals surface area contributed by atoms with Crippen molar-refractivity contribution in [2.24, 2.45) is 10.8 Å². The van der Waals surface area contributed by atoms with Crippen LogP contribution in [0, 0.1) is 10.8 Å². The van der Waals surface area contributed by atoms with Gasteiger partial charge in [0, 0.05) is 19.6 Å². The van der Waals surface area contributed by atoms with E-state index in [4.69, 9.17) is 0 Å². The number of piperidine rings is 1. The number of nitrogens with one attached hydrogen (secondary N) is 1. The van der Waals surface area contributed by atoms with Crippen LogP contribution in [0.2, 0.25) is 0 Å². The first-order valence-electron chi connectivity index (χ1n) is 8.11. The summed E-state index contributed by atoms with van der Waals surface area (Å²) in [4.78, 5) is 15.0. The van der Waals surface area contributed by atoms with Gasteiger partial charge in [0.05, 0.1) is 5.41 Å². The average molecular weight is 266 g/mol. The third kappa shape index (κ3) is 2.67. The van der Waals surface area contributed by atoms with Crippen molar-refractivity contribution in [3.8, 4) is 0 Å². The number of carbonyl (C=O) groups is 1. The van der Waals surface area contributed by atoms with Gasteiger partial charge in [-0.2, -0.15) is 0 Å². The van der Waals surface area contributed by atoms with Crippen LogP contribution >= 0.6 is 0 Å². The Morgan fingerprint density at radius 1 is 1.05 bits per heavy atom. The van der Waals surface area contributed by atoms with Crippen molar-refractivity contribution in [1.29, 1.82) is 0 Å². The van der Waals surface area contributed by atoms with E-state index in [-0.39, 0.29) is 5.41 Å². The fourth-order valence-corrected chi connectivity index (χ4v) is 3.86. The molecule has 2 saturated heterocycles.